The van der Waals surface area contributed by atoms with Crippen LogP contribution in [0.5, 0.6) is 0 Å². The predicted octanol–water partition coefficient (Wildman–Crippen LogP) is 16.4. The third kappa shape index (κ3) is 45.0. The molecule has 0 N–H and O–H groups in total. The maximum absolute atomic E-state index is 12.8. The van der Waals surface area contributed by atoms with Gasteiger partial charge in [0.05, 0.1) is 0 Å². The second kappa shape index (κ2) is 47.6. The van der Waals surface area contributed by atoms with E-state index in [9.17, 15) is 14.4 Å². The van der Waals surface area contributed by atoms with Crippen LogP contribution in [0.1, 0.15) is 271 Å². The van der Waals surface area contributed by atoms with E-state index in [1.54, 1.807) is 0 Å². The van der Waals surface area contributed by atoms with Gasteiger partial charge >= 0.3 is 17.9 Å². The minimum atomic E-state index is -0.771. The van der Waals surface area contributed by atoms with Crippen molar-refractivity contribution >= 4 is 17.9 Å². The van der Waals surface area contributed by atoms with Crippen molar-refractivity contribution in [3.05, 3.63) is 24.3 Å². The SMILES string of the molecule is CCCC/C=C\C/C=C\CCCCCCCC(=O)OC(COC(=O)CCCCCCCCCCCCC)COC(=O)CCCCCCCCCCCCCCCCC. The van der Waals surface area contributed by atoms with Crippen LogP contribution in [0.4, 0.5) is 0 Å². The van der Waals surface area contributed by atoms with Crippen molar-refractivity contribution in [2.24, 2.45) is 0 Å². The molecule has 58 heavy (non-hydrogen) atoms. The molecule has 6 heteroatoms. The third-order valence-electron chi connectivity index (χ3n) is 11.2. The van der Waals surface area contributed by atoms with Crippen LogP contribution in [-0.4, -0.2) is 37.2 Å². The van der Waals surface area contributed by atoms with Crippen LogP contribution in [-0.2, 0) is 28.6 Å². The standard InChI is InChI=1S/C52H96O6/c1-4-7-10-13-16-19-22-24-26-28-30-33-36-39-42-45-51(54)57-48-49(47-56-50(53)44-41-38-35-32-29-21-18-15-12-9-6-3)58-52(55)46-43-40-37-34-31-27-25-23-20-17-14-11-8-5-2/h14,17,23,25,49H,4-13,15-16,18-22,24,26-48H2,1-3H3/b17-14-,25-23-. The second-order valence-corrected chi connectivity index (χ2v) is 17.1. The van der Waals surface area contributed by atoms with Crippen molar-refractivity contribution in [1.82, 2.24) is 0 Å². The lowest BCUT2D eigenvalue weighted by Gasteiger charge is -2.18. The van der Waals surface area contributed by atoms with E-state index in [0.717, 1.165) is 83.5 Å². The van der Waals surface area contributed by atoms with Gasteiger partial charge in [-0.3, -0.25) is 14.4 Å². The van der Waals surface area contributed by atoms with Crippen LogP contribution in [0.25, 0.3) is 0 Å². The molecular formula is C52H96O6. The molecule has 0 radical (unpaired) electrons. The summed E-state index contributed by atoms with van der Waals surface area (Å²) in [5.74, 6) is -0.875. The van der Waals surface area contributed by atoms with E-state index in [-0.39, 0.29) is 31.1 Å². The highest BCUT2D eigenvalue weighted by molar-refractivity contribution is 5.71. The Bertz CT molecular complexity index is 942. The highest BCUT2D eigenvalue weighted by Gasteiger charge is 2.19. The number of esters is 3. The van der Waals surface area contributed by atoms with Gasteiger partial charge in [0, 0.05) is 19.3 Å². The van der Waals surface area contributed by atoms with Crippen molar-refractivity contribution in [1.29, 1.82) is 0 Å². The number of unbranched alkanes of at least 4 members (excludes halogenated alkanes) is 31. The summed E-state index contributed by atoms with van der Waals surface area (Å²) in [7, 11) is 0. The molecule has 0 aromatic rings. The zero-order valence-electron chi connectivity index (χ0n) is 38.8. The second-order valence-electron chi connectivity index (χ2n) is 17.1. The molecule has 0 aromatic carbocycles. The molecule has 1 unspecified atom stereocenters. The maximum atomic E-state index is 12.8. The van der Waals surface area contributed by atoms with E-state index in [4.69, 9.17) is 14.2 Å². The Morgan fingerprint density at radius 1 is 0.345 bits per heavy atom. The zero-order valence-corrected chi connectivity index (χ0v) is 38.8. The highest BCUT2D eigenvalue weighted by Crippen LogP contribution is 2.16. The largest absolute Gasteiger partial charge is 0.462 e. The summed E-state index contributed by atoms with van der Waals surface area (Å²) in [6, 6.07) is 0. The monoisotopic (exact) mass is 817 g/mol. The molecule has 0 saturated heterocycles. The van der Waals surface area contributed by atoms with Crippen LogP contribution < -0.4 is 0 Å². The van der Waals surface area contributed by atoms with Crippen molar-refractivity contribution in [3.8, 4) is 0 Å². The van der Waals surface area contributed by atoms with Gasteiger partial charge < -0.3 is 14.2 Å². The van der Waals surface area contributed by atoms with E-state index in [1.165, 1.54) is 148 Å². The first kappa shape index (κ1) is 55.9. The van der Waals surface area contributed by atoms with Gasteiger partial charge in [0.2, 0.25) is 0 Å². The molecule has 0 aliphatic heterocycles. The topological polar surface area (TPSA) is 78.9 Å². The molecule has 0 aliphatic rings. The molecule has 0 fully saturated rings. The number of hydrogen-bond donors (Lipinski definition) is 0. The van der Waals surface area contributed by atoms with E-state index in [1.807, 2.05) is 0 Å². The number of rotatable bonds is 46. The minimum Gasteiger partial charge on any atom is -0.462 e. The Hall–Kier alpha value is -2.11. The van der Waals surface area contributed by atoms with Crippen molar-refractivity contribution in [2.45, 2.75) is 277 Å². The first-order chi connectivity index (χ1) is 28.5. The third-order valence-corrected chi connectivity index (χ3v) is 11.2. The highest BCUT2D eigenvalue weighted by atomic mass is 16.6. The summed E-state index contributed by atoms with van der Waals surface area (Å²) < 4.78 is 16.8. The van der Waals surface area contributed by atoms with E-state index in [2.05, 4.69) is 45.1 Å². The smallest absolute Gasteiger partial charge is 0.306 e. The maximum Gasteiger partial charge on any atom is 0.306 e. The Kier molecular flexibility index (Phi) is 45.8. The Morgan fingerprint density at radius 2 is 0.638 bits per heavy atom. The molecule has 340 valence electrons. The van der Waals surface area contributed by atoms with Gasteiger partial charge in [0.1, 0.15) is 13.2 Å². The van der Waals surface area contributed by atoms with Gasteiger partial charge in [-0.2, -0.15) is 0 Å². The lowest BCUT2D eigenvalue weighted by Crippen LogP contribution is -2.30. The minimum absolute atomic E-state index is 0.0723. The van der Waals surface area contributed by atoms with Crippen molar-refractivity contribution in [2.75, 3.05) is 13.2 Å². The summed E-state index contributed by atoms with van der Waals surface area (Å²) >= 11 is 0. The van der Waals surface area contributed by atoms with Gasteiger partial charge in [-0.1, -0.05) is 231 Å². The lowest BCUT2D eigenvalue weighted by atomic mass is 10.0. The molecule has 1 atom stereocenters. The van der Waals surface area contributed by atoms with Crippen molar-refractivity contribution in [3.63, 3.8) is 0 Å². The fraction of sp³-hybridized carbons (Fsp3) is 0.865. The molecular weight excluding hydrogens is 721 g/mol. The molecule has 0 amide bonds. The number of carbonyl (C=O) groups excluding carboxylic acids is 3. The first-order valence-electron chi connectivity index (χ1n) is 25.3. The van der Waals surface area contributed by atoms with Gasteiger partial charge in [-0.15, -0.1) is 0 Å². The van der Waals surface area contributed by atoms with Crippen LogP contribution in [0.3, 0.4) is 0 Å². The zero-order chi connectivity index (χ0) is 42.3. The fourth-order valence-electron chi connectivity index (χ4n) is 7.34. The van der Waals surface area contributed by atoms with Crippen LogP contribution in [0.15, 0.2) is 24.3 Å². The van der Waals surface area contributed by atoms with Gasteiger partial charge in [-0.25, -0.2) is 0 Å². The number of hydrogen-bond acceptors (Lipinski definition) is 6. The molecule has 0 aliphatic carbocycles. The molecule has 0 rings (SSSR count). The summed E-state index contributed by atoms with van der Waals surface area (Å²) in [4.78, 5) is 37.9. The Balaban J connectivity index is 4.35. The molecule has 0 aromatic heterocycles. The van der Waals surface area contributed by atoms with Gasteiger partial charge in [0.25, 0.3) is 0 Å². The quantitative estimate of drug-likeness (QED) is 0.0263. The first-order valence-corrected chi connectivity index (χ1v) is 25.3. The summed E-state index contributed by atoms with van der Waals surface area (Å²) in [5, 5.41) is 0. The Morgan fingerprint density at radius 3 is 1.00 bits per heavy atom. The van der Waals surface area contributed by atoms with E-state index in [0.29, 0.717) is 19.3 Å². The lowest BCUT2D eigenvalue weighted by molar-refractivity contribution is -0.167. The average molecular weight is 817 g/mol. The normalized spacial score (nSPS) is 12.1. The van der Waals surface area contributed by atoms with Gasteiger partial charge in [0.15, 0.2) is 6.10 Å². The summed E-state index contributed by atoms with van der Waals surface area (Å²) in [6.07, 6.45) is 53.0. The average Bonchev–Trinajstić information content (AvgIpc) is 3.22. The number of carbonyl (C=O) groups is 3. The molecule has 6 nitrogen and oxygen atoms in total. The van der Waals surface area contributed by atoms with Crippen molar-refractivity contribution < 1.29 is 28.6 Å². The Labute approximate surface area is 360 Å². The van der Waals surface area contributed by atoms with E-state index < -0.39 is 6.10 Å². The number of allylic oxidation sites excluding steroid dienone is 4. The summed E-state index contributed by atoms with van der Waals surface area (Å²) in [5.41, 5.74) is 0. The van der Waals surface area contributed by atoms with E-state index >= 15 is 0 Å². The number of ether oxygens (including phenoxy) is 3. The van der Waals surface area contributed by atoms with Crippen LogP contribution in [0, 0.1) is 0 Å². The predicted molar refractivity (Wildman–Crippen MR) is 247 cm³/mol. The van der Waals surface area contributed by atoms with Gasteiger partial charge in [-0.05, 0) is 44.9 Å². The van der Waals surface area contributed by atoms with Crippen LogP contribution in [0.2, 0.25) is 0 Å². The molecule has 0 saturated carbocycles. The fourth-order valence-corrected chi connectivity index (χ4v) is 7.34. The molecule has 0 bridgehead atoms. The molecule has 0 spiro atoms. The molecule has 0 heterocycles. The summed E-state index contributed by atoms with van der Waals surface area (Å²) in [6.45, 7) is 6.60. The van der Waals surface area contributed by atoms with Crippen LogP contribution >= 0.6 is 0 Å².